The molecule has 1 aromatic carbocycles. The number of carbonyl (C=O) groups excluding carboxylic acids is 1. The van der Waals surface area contributed by atoms with E-state index in [0.29, 0.717) is 11.1 Å². The van der Waals surface area contributed by atoms with Gasteiger partial charge in [-0.2, -0.15) is 11.8 Å². The molecule has 0 aliphatic carbocycles. The van der Waals surface area contributed by atoms with E-state index in [0.717, 1.165) is 30.2 Å². The van der Waals surface area contributed by atoms with Crippen LogP contribution in [0.15, 0.2) is 24.3 Å². The monoisotopic (exact) mass is 305 g/mol. The minimum Gasteiger partial charge on any atom is -0.478 e. The van der Waals surface area contributed by atoms with E-state index in [4.69, 9.17) is 5.11 Å². The summed E-state index contributed by atoms with van der Waals surface area (Å²) in [7, 11) is 0. The number of amides is 1. The molecule has 1 fully saturated rings. The third-order valence-electron chi connectivity index (χ3n) is 3.42. The molecule has 5 heteroatoms. The van der Waals surface area contributed by atoms with E-state index in [2.05, 4.69) is 5.32 Å². The van der Waals surface area contributed by atoms with Crippen LogP contribution in [-0.2, 0) is 4.79 Å². The first-order valence-electron chi connectivity index (χ1n) is 6.96. The Bertz CT molecular complexity index is 563. The lowest BCUT2D eigenvalue weighted by Crippen LogP contribution is -2.38. The van der Waals surface area contributed by atoms with Gasteiger partial charge < -0.3 is 10.4 Å². The second-order valence-corrected chi connectivity index (χ2v) is 6.28. The zero-order valence-corrected chi connectivity index (χ0v) is 12.8. The van der Waals surface area contributed by atoms with E-state index >= 15 is 0 Å². The first kappa shape index (κ1) is 15.6. The summed E-state index contributed by atoms with van der Waals surface area (Å²) >= 11 is 1.87. The van der Waals surface area contributed by atoms with E-state index in [1.165, 1.54) is 11.8 Å². The molecule has 1 aromatic rings. The van der Waals surface area contributed by atoms with Crippen molar-refractivity contribution >= 4 is 29.7 Å². The van der Waals surface area contributed by atoms with Gasteiger partial charge in [0, 0.05) is 23.4 Å². The molecular formula is C16H19NO3S. The molecule has 0 spiro atoms. The van der Waals surface area contributed by atoms with Gasteiger partial charge in [-0.15, -0.1) is 0 Å². The number of carboxylic acids is 1. The number of nitrogens with one attached hydrogen (secondary N) is 1. The number of aliphatic carboxylic acids is 1. The third-order valence-corrected chi connectivity index (χ3v) is 4.64. The van der Waals surface area contributed by atoms with E-state index in [1.807, 2.05) is 30.8 Å². The molecule has 1 amide bonds. The molecule has 112 valence electrons. The summed E-state index contributed by atoms with van der Waals surface area (Å²) < 4.78 is 0. The fourth-order valence-electron chi connectivity index (χ4n) is 2.27. The molecule has 1 atom stereocenters. The number of carbonyl (C=O) groups is 2. The van der Waals surface area contributed by atoms with Crippen LogP contribution in [0.25, 0.3) is 6.08 Å². The number of carboxylic acid groups (broad SMARTS) is 1. The Morgan fingerprint density at radius 2 is 2.24 bits per heavy atom. The summed E-state index contributed by atoms with van der Waals surface area (Å²) in [5.74, 6) is 1.05. The Kier molecular flexibility index (Phi) is 5.44. The van der Waals surface area contributed by atoms with Gasteiger partial charge in [-0.25, -0.2) is 4.79 Å². The average molecular weight is 305 g/mol. The van der Waals surface area contributed by atoms with Crippen molar-refractivity contribution in [2.75, 3.05) is 11.5 Å². The van der Waals surface area contributed by atoms with Gasteiger partial charge in [-0.05, 0) is 48.8 Å². The first-order valence-corrected chi connectivity index (χ1v) is 8.12. The fourth-order valence-corrected chi connectivity index (χ4v) is 3.35. The molecule has 0 radical (unpaired) electrons. The van der Waals surface area contributed by atoms with Gasteiger partial charge >= 0.3 is 5.97 Å². The minimum atomic E-state index is -0.999. The zero-order chi connectivity index (χ0) is 15.2. The molecular weight excluding hydrogens is 286 g/mol. The van der Waals surface area contributed by atoms with Crippen molar-refractivity contribution in [1.29, 1.82) is 0 Å². The maximum Gasteiger partial charge on any atom is 0.328 e. The highest BCUT2D eigenvalue weighted by Crippen LogP contribution is 2.18. The first-order chi connectivity index (χ1) is 10.1. The van der Waals surface area contributed by atoms with Crippen LogP contribution in [0, 0.1) is 6.92 Å². The van der Waals surface area contributed by atoms with Gasteiger partial charge in [0.2, 0.25) is 0 Å². The number of aryl methyl sites for hydroxylation is 1. The Morgan fingerprint density at radius 1 is 1.43 bits per heavy atom. The molecule has 0 bridgehead atoms. The summed E-state index contributed by atoms with van der Waals surface area (Å²) in [6.07, 6.45) is 4.73. The summed E-state index contributed by atoms with van der Waals surface area (Å²) in [5.41, 5.74) is 2.22. The van der Waals surface area contributed by atoms with Gasteiger partial charge in [0.25, 0.3) is 5.91 Å². The molecule has 1 heterocycles. The lowest BCUT2D eigenvalue weighted by molar-refractivity contribution is -0.131. The van der Waals surface area contributed by atoms with E-state index in [-0.39, 0.29) is 11.9 Å². The molecule has 1 saturated heterocycles. The summed E-state index contributed by atoms with van der Waals surface area (Å²) in [6.45, 7) is 1.88. The van der Waals surface area contributed by atoms with Gasteiger partial charge in [-0.3, -0.25) is 4.79 Å². The second-order valence-electron chi connectivity index (χ2n) is 5.13. The third kappa shape index (κ3) is 4.63. The van der Waals surface area contributed by atoms with Crippen molar-refractivity contribution < 1.29 is 14.7 Å². The van der Waals surface area contributed by atoms with Crippen LogP contribution in [0.5, 0.6) is 0 Å². The molecule has 1 aliphatic rings. The second kappa shape index (κ2) is 7.31. The Morgan fingerprint density at radius 3 is 2.90 bits per heavy atom. The predicted octanol–water partition coefficient (Wildman–Crippen LogP) is 2.72. The van der Waals surface area contributed by atoms with Crippen LogP contribution < -0.4 is 5.32 Å². The molecule has 2 N–H and O–H groups in total. The van der Waals surface area contributed by atoms with Crippen LogP contribution in [0.4, 0.5) is 0 Å². The van der Waals surface area contributed by atoms with E-state index in [9.17, 15) is 9.59 Å². The van der Waals surface area contributed by atoms with Crippen molar-refractivity contribution in [2.24, 2.45) is 0 Å². The van der Waals surface area contributed by atoms with Gasteiger partial charge in [0.15, 0.2) is 0 Å². The quantitative estimate of drug-likeness (QED) is 0.839. The number of hydrogen-bond acceptors (Lipinski definition) is 3. The van der Waals surface area contributed by atoms with Crippen molar-refractivity contribution in [1.82, 2.24) is 5.32 Å². The topological polar surface area (TPSA) is 66.4 Å². The highest BCUT2D eigenvalue weighted by Gasteiger charge is 2.18. The average Bonchev–Trinajstić information content (AvgIpc) is 2.47. The lowest BCUT2D eigenvalue weighted by Gasteiger charge is -2.22. The Hall–Kier alpha value is -1.75. The number of thioether (sulfide) groups is 1. The molecule has 1 aliphatic heterocycles. The van der Waals surface area contributed by atoms with E-state index < -0.39 is 5.97 Å². The van der Waals surface area contributed by atoms with Crippen molar-refractivity contribution in [3.8, 4) is 0 Å². The smallest absolute Gasteiger partial charge is 0.328 e. The number of rotatable bonds is 4. The normalized spacial score (nSPS) is 18.6. The molecule has 0 aromatic heterocycles. The molecule has 0 saturated carbocycles. The lowest BCUT2D eigenvalue weighted by atomic mass is 10.0. The maximum atomic E-state index is 12.4. The Balaban J connectivity index is 2.11. The van der Waals surface area contributed by atoms with Crippen LogP contribution in [0.2, 0.25) is 0 Å². The van der Waals surface area contributed by atoms with E-state index in [1.54, 1.807) is 6.07 Å². The molecule has 1 unspecified atom stereocenters. The number of benzene rings is 1. The highest BCUT2D eigenvalue weighted by atomic mass is 32.2. The highest BCUT2D eigenvalue weighted by molar-refractivity contribution is 7.99. The minimum absolute atomic E-state index is 0.0782. The van der Waals surface area contributed by atoms with Crippen molar-refractivity contribution in [3.63, 3.8) is 0 Å². The summed E-state index contributed by atoms with van der Waals surface area (Å²) in [5, 5.41) is 11.7. The van der Waals surface area contributed by atoms with Gasteiger partial charge in [0.1, 0.15) is 0 Å². The number of hydrogen-bond donors (Lipinski definition) is 2. The van der Waals surface area contributed by atoms with Crippen molar-refractivity contribution in [3.05, 3.63) is 41.0 Å². The van der Waals surface area contributed by atoms with Gasteiger partial charge in [0.05, 0.1) is 0 Å². The standard InChI is InChI=1S/C16H19NO3S/c1-11-4-5-12(6-7-15(18)19)9-14(11)16(20)17-13-3-2-8-21-10-13/h4-7,9,13H,2-3,8,10H2,1H3,(H,17,20)(H,18,19)/b7-6+. The fraction of sp³-hybridized carbons (Fsp3) is 0.375. The largest absolute Gasteiger partial charge is 0.478 e. The van der Waals surface area contributed by atoms with Crippen LogP contribution in [-0.4, -0.2) is 34.5 Å². The summed E-state index contributed by atoms with van der Waals surface area (Å²) in [6, 6.07) is 5.61. The summed E-state index contributed by atoms with van der Waals surface area (Å²) in [4.78, 5) is 22.9. The molecule has 21 heavy (non-hydrogen) atoms. The van der Waals surface area contributed by atoms with Gasteiger partial charge in [-0.1, -0.05) is 12.1 Å². The predicted molar refractivity (Wildman–Crippen MR) is 85.7 cm³/mol. The molecule has 4 nitrogen and oxygen atoms in total. The van der Waals surface area contributed by atoms with Crippen molar-refractivity contribution in [2.45, 2.75) is 25.8 Å². The molecule has 2 rings (SSSR count). The zero-order valence-electron chi connectivity index (χ0n) is 12.0. The SMILES string of the molecule is Cc1ccc(/C=C/C(=O)O)cc1C(=O)NC1CCCSC1. The van der Waals surface area contributed by atoms with Crippen LogP contribution in [0.1, 0.15) is 34.3 Å². The Labute approximate surface area is 128 Å². The van der Waals surface area contributed by atoms with Crippen LogP contribution in [0.3, 0.4) is 0 Å². The van der Waals surface area contributed by atoms with Crippen LogP contribution >= 0.6 is 11.8 Å². The maximum absolute atomic E-state index is 12.4.